The molecular formula is C21H24FN3O3. The lowest BCUT2D eigenvalue weighted by atomic mass is 9.78. The van der Waals surface area contributed by atoms with Crippen LogP contribution in [0.15, 0.2) is 35.1 Å². The zero-order chi connectivity index (χ0) is 19.7. The SMILES string of the molecule is COc1cc(=O)n(-c2ccc(F)cc2)nc1C(=O)N1CCC[C@@H]2CCCC[C@@H]21. The highest BCUT2D eigenvalue weighted by Crippen LogP contribution is 2.36. The summed E-state index contributed by atoms with van der Waals surface area (Å²) >= 11 is 0. The number of fused-ring (bicyclic) bond motifs is 1. The number of hydrogen-bond acceptors (Lipinski definition) is 4. The van der Waals surface area contributed by atoms with Crippen LogP contribution in [0.4, 0.5) is 4.39 Å². The lowest BCUT2D eigenvalue weighted by Gasteiger charge is -2.44. The average Bonchev–Trinajstić information content (AvgIpc) is 2.73. The molecule has 28 heavy (non-hydrogen) atoms. The molecule has 1 saturated heterocycles. The molecule has 2 atom stereocenters. The van der Waals surface area contributed by atoms with Crippen LogP contribution in [0.3, 0.4) is 0 Å². The molecule has 1 aliphatic heterocycles. The Kier molecular flexibility index (Phi) is 5.15. The quantitative estimate of drug-likeness (QED) is 0.814. The molecule has 1 aliphatic carbocycles. The molecule has 2 fully saturated rings. The molecule has 0 unspecified atom stereocenters. The summed E-state index contributed by atoms with van der Waals surface area (Å²) in [4.78, 5) is 27.8. The number of amides is 1. The molecule has 1 aromatic carbocycles. The number of ether oxygens (including phenoxy) is 1. The van der Waals surface area contributed by atoms with E-state index < -0.39 is 11.4 Å². The minimum atomic E-state index is -0.436. The van der Waals surface area contributed by atoms with E-state index in [0.717, 1.165) is 36.8 Å². The Hall–Kier alpha value is -2.70. The van der Waals surface area contributed by atoms with E-state index in [1.54, 1.807) is 0 Å². The number of hydrogen-bond donors (Lipinski definition) is 0. The number of likely N-dealkylation sites (tertiary alicyclic amines) is 1. The van der Waals surface area contributed by atoms with E-state index in [2.05, 4.69) is 5.10 Å². The number of nitrogens with zero attached hydrogens (tertiary/aromatic N) is 3. The van der Waals surface area contributed by atoms with Gasteiger partial charge in [-0.2, -0.15) is 9.78 Å². The van der Waals surface area contributed by atoms with Gasteiger partial charge in [-0.15, -0.1) is 0 Å². The number of benzene rings is 1. The van der Waals surface area contributed by atoms with Crippen LogP contribution in [0.25, 0.3) is 5.69 Å². The third kappa shape index (κ3) is 3.41. The molecule has 0 spiro atoms. The summed E-state index contributed by atoms with van der Waals surface area (Å²) in [5.41, 5.74) is 0.0872. The Bertz CT molecular complexity index is 923. The number of rotatable bonds is 3. The van der Waals surface area contributed by atoms with Crippen molar-refractivity contribution in [2.75, 3.05) is 13.7 Å². The van der Waals surface area contributed by atoms with Crippen LogP contribution in [0.2, 0.25) is 0 Å². The van der Waals surface area contributed by atoms with Gasteiger partial charge < -0.3 is 9.64 Å². The van der Waals surface area contributed by atoms with Crippen LogP contribution in [-0.2, 0) is 0 Å². The van der Waals surface area contributed by atoms with Gasteiger partial charge in [0.25, 0.3) is 11.5 Å². The van der Waals surface area contributed by atoms with Gasteiger partial charge in [0.2, 0.25) is 0 Å². The van der Waals surface area contributed by atoms with Gasteiger partial charge in [0.05, 0.1) is 18.9 Å². The van der Waals surface area contributed by atoms with Crippen molar-refractivity contribution in [3.63, 3.8) is 0 Å². The first-order valence-electron chi connectivity index (χ1n) is 9.84. The molecule has 1 saturated carbocycles. The second-order valence-electron chi connectivity index (χ2n) is 7.54. The lowest BCUT2D eigenvalue weighted by molar-refractivity contribution is 0.0380. The van der Waals surface area contributed by atoms with Crippen LogP contribution in [0.1, 0.15) is 49.0 Å². The zero-order valence-electron chi connectivity index (χ0n) is 15.9. The fourth-order valence-corrected chi connectivity index (χ4v) is 4.52. The fraction of sp³-hybridized carbons (Fsp3) is 0.476. The van der Waals surface area contributed by atoms with E-state index in [1.165, 1.54) is 43.9 Å². The van der Waals surface area contributed by atoms with Crippen LogP contribution in [-0.4, -0.2) is 40.3 Å². The molecule has 0 radical (unpaired) electrons. The molecule has 2 aliphatic rings. The van der Waals surface area contributed by atoms with Crippen molar-refractivity contribution >= 4 is 5.91 Å². The van der Waals surface area contributed by atoms with Gasteiger partial charge in [0, 0.05) is 12.6 Å². The Labute approximate surface area is 162 Å². The van der Waals surface area contributed by atoms with E-state index >= 15 is 0 Å². The Balaban J connectivity index is 1.73. The number of carbonyl (C=O) groups excluding carboxylic acids is 1. The fourth-order valence-electron chi connectivity index (χ4n) is 4.52. The van der Waals surface area contributed by atoms with Crippen molar-refractivity contribution in [3.8, 4) is 11.4 Å². The minimum Gasteiger partial charge on any atom is -0.494 e. The third-order valence-electron chi connectivity index (χ3n) is 5.89. The normalized spacial score (nSPS) is 21.9. The Morgan fingerprint density at radius 2 is 1.86 bits per heavy atom. The Morgan fingerprint density at radius 3 is 2.61 bits per heavy atom. The molecular weight excluding hydrogens is 361 g/mol. The van der Waals surface area contributed by atoms with Gasteiger partial charge in [-0.3, -0.25) is 9.59 Å². The van der Waals surface area contributed by atoms with Crippen molar-refractivity contribution in [2.24, 2.45) is 5.92 Å². The summed E-state index contributed by atoms with van der Waals surface area (Å²) in [5.74, 6) is 0.106. The van der Waals surface area contributed by atoms with E-state index in [1.807, 2.05) is 4.90 Å². The number of piperidine rings is 1. The monoisotopic (exact) mass is 385 g/mol. The van der Waals surface area contributed by atoms with E-state index in [-0.39, 0.29) is 23.4 Å². The summed E-state index contributed by atoms with van der Waals surface area (Å²) in [6.07, 6.45) is 6.66. The molecule has 1 amide bonds. The Morgan fingerprint density at radius 1 is 1.14 bits per heavy atom. The van der Waals surface area contributed by atoms with Gasteiger partial charge in [-0.1, -0.05) is 12.8 Å². The predicted molar refractivity (Wildman–Crippen MR) is 102 cm³/mol. The van der Waals surface area contributed by atoms with E-state index in [0.29, 0.717) is 18.2 Å². The van der Waals surface area contributed by atoms with Crippen LogP contribution < -0.4 is 10.3 Å². The number of methoxy groups -OCH3 is 1. The highest BCUT2D eigenvalue weighted by atomic mass is 19.1. The minimum absolute atomic E-state index is 0.123. The maximum atomic E-state index is 13.4. The maximum absolute atomic E-state index is 13.4. The molecule has 4 rings (SSSR count). The summed E-state index contributed by atoms with van der Waals surface area (Å²) in [7, 11) is 1.43. The average molecular weight is 385 g/mol. The van der Waals surface area contributed by atoms with Crippen molar-refractivity contribution in [1.29, 1.82) is 0 Å². The summed E-state index contributed by atoms with van der Waals surface area (Å²) in [5, 5.41) is 4.32. The highest BCUT2D eigenvalue weighted by Gasteiger charge is 2.37. The molecule has 2 aromatic rings. The standard InChI is InChI=1S/C21H24FN3O3/c1-28-18-13-19(26)25(16-10-8-15(22)9-11-16)23-20(18)21(27)24-12-4-6-14-5-2-3-7-17(14)24/h8-11,13-14,17H,2-7,12H2,1H3/t14-,17-/m0/s1. The zero-order valence-corrected chi connectivity index (χ0v) is 15.9. The second-order valence-corrected chi connectivity index (χ2v) is 7.54. The number of halogens is 1. The second kappa shape index (κ2) is 7.73. The summed E-state index contributed by atoms with van der Waals surface area (Å²) < 4.78 is 19.7. The molecule has 7 heteroatoms. The number of aromatic nitrogens is 2. The third-order valence-corrected chi connectivity index (χ3v) is 5.89. The van der Waals surface area contributed by atoms with E-state index in [4.69, 9.17) is 4.74 Å². The molecule has 1 aromatic heterocycles. The maximum Gasteiger partial charge on any atom is 0.278 e. The van der Waals surface area contributed by atoms with Crippen molar-refractivity contribution in [3.05, 3.63) is 52.2 Å². The lowest BCUT2D eigenvalue weighted by Crippen LogP contribution is -2.50. The van der Waals surface area contributed by atoms with Crippen molar-refractivity contribution < 1.29 is 13.9 Å². The molecule has 148 valence electrons. The molecule has 2 heterocycles. The number of carbonyl (C=O) groups is 1. The van der Waals surface area contributed by atoms with Crippen molar-refractivity contribution in [2.45, 2.75) is 44.6 Å². The van der Waals surface area contributed by atoms with Gasteiger partial charge in [-0.25, -0.2) is 4.39 Å². The summed E-state index contributed by atoms with van der Waals surface area (Å²) in [6.45, 7) is 0.695. The first kappa shape index (κ1) is 18.7. The first-order valence-corrected chi connectivity index (χ1v) is 9.84. The van der Waals surface area contributed by atoms with E-state index in [9.17, 15) is 14.0 Å². The molecule has 6 nitrogen and oxygen atoms in total. The van der Waals surface area contributed by atoms with Gasteiger partial charge in [-0.05, 0) is 55.9 Å². The van der Waals surface area contributed by atoms with Crippen LogP contribution in [0, 0.1) is 11.7 Å². The molecule has 0 bridgehead atoms. The smallest absolute Gasteiger partial charge is 0.278 e. The largest absolute Gasteiger partial charge is 0.494 e. The highest BCUT2D eigenvalue weighted by molar-refractivity contribution is 5.95. The van der Waals surface area contributed by atoms with Crippen LogP contribution in [0.5, 0.6) is 5.75 Å². The van der Waals surface area contributed by atoms with Crippen molar-refractivity contribution in [1.82, 2.24) is 14.7 Å². The van der Waals surface area contributed by atoms with Gasteiger partial charge in [0.1, 0.15) is 5.82 Å². The van der Waals surface area contributed by atoms with Crippen LogP contribution >= 0.6 is 0 Å². The topological polar surface area (TPSA) is 64.4 Å². The summed E-state index contributed by atoms with van der Waals surface area (Å²) in [6, 6.07) is 6.93. The van der Waals surface area contributed by atoms with Gasteiger partial charge in [0.15, 0.2) is 11.4 Å². The molecule has 0 N–H and O–H groups in total. The van der Waals surface area contributed by atoms with Gasteiger partial charge >= 0.3 is 0 Å². The first-order chi connectivity index (χ1) is 13.6. The predicted octanol–water partition coefficient (Wildman–Crippen LogP) is 3.18.